The predicted molar refractivity (Wildman–Crippen MR) is 58.3 cm³/mol. The standard InChI is InChI=1S/C11H16N2O2/c1-7-4-2-3-5-8(7)11(13)9(12)6-10(14)15/h2-5,9,11H,6,12-13H2,1H3,(H,14,15). The van der Waals surface area contributed by atoms with Gasteiger partial charge in [0.05, 0.1) is 6.42 Å². The van der Waals surface area contributed by atoms with Gasteiger partial charge < -0.3 is 16.6 Å². The average molecular weight is 208 g/mol. The fraction of sp³-hybridized carbons (Fsp3) is 0.364. The van der Waals surface area contributed by atoms with Crippen LogP contribution in [0.1, 0.15) is 23.6 Å². The van der Waals surface area contributed by atoms with Crippen LogP contribution in [0.5, 0.6) is 0 Å². The number of aryl methyl sites for hydroxylation is 1. The van der Waals surface area contributed by atoms with Crippen LogP contribution < -0.4 is 11.5 Å². The van der Waals surface area contributed by atoms with E-state index < -0.39 is 18.1 Å². The molecule has 82 valence electrons. The molecule has 0 aliphatic rings. The molecule has 1 aromatic carbocycles. The largest absolute Gasteiger partial charge is 0.481 e. The molecule has 0 aliphatic heterocycles. The third-order valence-corrected chi connectivity index (χ3v) is 2.42. The smallest absolute Gasteiger partial charge is 0.304 e. The Morgan fingerprint density at radius 1 is 1.40 bits per heavy atom. The van der Waals surface area contributed by atoms with E-state index in [4.69, 9.17) is 16.6 Å². The highest BCUT2D eigenvalue weighted by Crippen LogP contribution is 2.18. The Labute approximate surface area is 88.9 Å². The number of hydrogen-bond donors (Lipinski definition) is 3. The summed E-state index contributed by atoms with van der Waals surface area (Å²) in [5.41, 5.74) is 13.6. The number of rotatable bonds is 4. The summed E-state index contributed by atoms with van der Waals surface area (Å²) in [7, 11) is 0. The Hall–Kier alpha value is -1.39. The Kier molecular flexibility index (Phi) is 3.82. The number of aliphatic carboxylic acids is 1. The maximum atomic E-state index is 10.5. The highest BCUT2D eigenvalue weighted by Gasteiger charge is 2.19. The van der Waals surface area contributed by atoms with Crippen LogP contribution in [-0.4, -0.2) is 17.1 Å². The van der Waals surface area contributed by atoms with Crippen molar-refractivity contribution in [1.82, 2.24) is 0 Å². The quantitative estimate of drug-likeness (QED) is 0.682. The lowest BCUT2D eigenvalue weighted by atomic mass is 9.95. The first-order valence-electron chi connectivity index (χ1n) is 4.81. The molecule has 1 rings (SSSR count). The molecule has 0 spiro atoms. The minimum Gasteiger partial charge on any atom is -0.481 e. The first-order chi connectivity index (χ1) is 7.02. The second kappa shape index (κ2) is 4.91. The van der Waals surface area contributed by atoms with E-state index in [9.17, 15) is 4.79 Å². The summed E-state index contributed by atoms with van der Waals surface area (Å²) in [6.07, 6.45) is -0.116. The Balaban J connectivity index is 2.80. The SMILES string of the molecule is Cc1ccccc1C(N)C(N)CC(=O)O. The van der Waals surface area contributed by atoms with Crippen molar-refractivity contribution in [2.24, 2.45) is 11.5 Å². The van der Waals surface area contributed by atoms with Gasteiger partial charge >= 0.3 is 5.97 Å². The van der Waals surface area contributed by atoms with E-state index in [0.29, 0.717) is 0 Å². The summed E-state index contributed by atoms with van der Waals surface area (Å²) in [6.45, 7) is 1.93. The van der Waals surface area contributed by atoms with Gasteiger partial charge in [0.1, 0.15) is 0 Å². The minimum absolute atomic E-state index is 0.116. The van der Waals surface area contributed by atoms with Crippen molar-refractivity contribution in [3.63, 3.8) is 0 Å². The topological polar surface area (TPSA) is 89.3 Å². The lowest BCUT2D eigenvalue weighted by Crippen LogP contribution is -2.36. The Morgan fingerprint density at radius 3 is 2.53 bits per heavy atom. The number of benzene rings is 1. The molecule has 4 heteroatoms. The van der Waals surface area contributed by atoms with E-state index >= 15 is 0 Å². The monoisotopic (exact) mass is 208 g/mol. The van der Waals surface area contributed by atoms with Crippen LogP contribution in [0.2, 0.25) is 0 Å². The summed E-state index contributed by atoms with van der Waals surface area (Å²) < 4.78 is 0. The molecule has 2 atom stereocenters. The van der Waals surface area contributed by atoms with Crippen LogP contribution >= 0.6 is 0 Å². The van der Waals surface area contributed by atoms with Gasteiger partial charge in [0.2, 0.25) is 0 Å². The molecular weight excluding hydrogens is 192 g/mol. The zero-order chi connectivity index (χ0) is 11.4. The summed E-state index contributed by atoms with van der Waals surface area (Å²) in [5, 5.41) is 8.61. The van der Waals surface area contributed by atoms with Crippen molar-refractivity contribution >= 4 is 5.97 Å². The van der Waals surface area contributed by atoms with Crippen molar-refractivity contribution in [1.29, 1.82) is 0 Å². The number of nitrogens with two attached hydrogens (primary N) is 2. The summed E-state index contributed by atoms with van der Waals surface area (Å²) in [4.78, 5) is 10.5. The molecule has 0 aromatic heterocycles. The molecule has 0 saturated carbocycles. The molecule has 15 heavy (non-hydrogen) atoms. The van der Waals surface area contributed by atoms with Gasteiger partial charge in [-0.15, -0.1) is 0 Å². The van der Waals surface area contributed by atoms with Crippen molar-refractivity contribution in [2.75, 3.05) is 0 Å². The van der Waals surface area contributed by atoms with E-state index in [0.717, 1.165) is 11.1 Å². The highest BCUT2D eigenvalue weighted by molar-refractivity contribution is 5.67. The van der Waals surface area contributed by atoms with Gasteiger partial charge in [-0.3, -0.25) is 4.79 Å². The molecule has 0 aliphatic carbocycles. The lowest BCUT2D eigenvalue weighted by Gasteiger charge is -2.20. The van der Waals surface area contributed by atoms with Gasteiger partial charge in [-0.05, 0) is 18.1 Å². The second-order valence-corrected chi connectivity index (χ2v) is 3.64. The highest BCUT2D eigenvalue weighted by atomic mass is 16.4. The third-order valence-electron chi connectivity index (χ3n) is 2.42. The van der Waals surface area contributed by atoms with Crippen LogP contribution in [0.15, 0.2) is 24.3 Å². The van der Waals surface area contributed by atoms with Crippen molar-refractivity contribution < 1.29 is 9.90 Å². The van der Waals surface area contributed by atoms with Crippen LogP contribution in [0.25, 0.3) is 0 Å². The predicted octanol–water partition coefficient (Wildman–Crippen LogP) is 0.797. The van der Waals surface area contributed by atoms with E-state index in [-0.39, 0.29) is 6.42 Å². The first kappa shape index (κ1) is 11.7. The first-order valence-corrected chi connectivity index (χ1v) is 4.81. The number of hydrogen-bond acceptors (Lipinski definition) is 3. The molecule has 0 amide bonds. The lowest BCUT2D eigenvalue weighted by molar-refractivity contribution is -0.137. The Bertz CT molecular complexity index is 352. The number of carboxylic acids is 1. The van der Waals surface area contributed by atoms with Gasteiger partial charge in [0, 0.05) is 12.1 Å². The molecule has 1 aromatic rings. The van der Waals surface area contributed by atoms with Gasteiger partial charge in [0.25, 0.3) is 0 Å². The fourth-order valence-corrected chi connectivity index (χ4v) is 1.52. The van der Waals surface area contributed by atoms with Gasteiger partial charge in [-0.1, -0.05) is 24.3 Å². The van der Waals surface area contributed by atoms with Crippen LogP contribution in [0.3, 0.4) is 0 Å². The van der Waals surface area contributed by atoms with Gasteiger partial charge in [-0.25, -0.2) is 0 Å². The van der Waals surface area contributed by atoms with Gasteiger partial charge in [-0.2, -0.15) is 0 Å². The summed E-state index contributed by atoms with van der Waals surface area (Å²) in [5.74, 6) is -0.925. The van der Waals surface area contributed by atoms with E-state index in [2.05, 4.69) is 0 Å². The maximum Gasteiger partial charge on any atom is 0.304 e. The summed E-state index contributed by atoms with van der Waals surface area (Å²) in [6, 6.07) is 6.61. The van der Waals surface area contributed by atoms with Crippen molar-refractivity contribution in [3.8, 4) is 0 Å². The normalized spacial score (nSPS) is 14.6. The third kappa shape index (κ3) is 3.04. The zero-order valence-electron chi connectivity index (χ0n) is 8.68. The average Bonchev–Trinajstić information content (AvgIpc) is 2.16. The molecule has 0 bridgehead atoms. The van der Waals surface area contributed by atoms with E-state index in [1.807, 2.05) is 31.2 Å². The summed E-state index contributed by atoms with van der Waals surface area (Å²) >= 11 is 0. The molecule has 0 heterocycles. The molecule has 4 nitrogen and oxygen atoms in total. The molecule has 0 saturated heterocycles. The van der Waals surface area contributed by atoms with Crippen molar-refractivity contribution in [2.45, 2.75) is 25.4 Å². The second-order valence-electron chi connectivity index (χ2n) is 3.64. The maximum absolute atomic E-state index is 10.5. The molecule has 0 radical (unpaired) electrons. The van der Waals surface area contributed by atoms with Crippen LogP contribution in [0.4, 0.5) is 0 Å². The molecular formula is C11H16N2O2. The van der Waals surface area contributed by atoms with Crippen LogP contribution in [0, 0.1) is 6.92 Å². The molecule has 2 unspecified atom stereocenters. The Morgan fingerprint density at radius 2 is 2.00 bits per heavy atom. The van der Waals surface area contributed by atoms with Gasteiger partial charge in [0.15, 0.2) is 0 Å². The minimum atomic E-state index is -0.925. The fourth-order valence-electron chi connectivity index (χ4n) is 1.52. The van der Waals surface area contributed by atoms with Crippen LogP contribution in [-0.2, 0) is 4.79 Å². The number of carbonyl (C=O) groups is 1. The zero-order valence-corrected chi connectivity index (χ0v) is 8.68. The molecule has 5 N–H and O–H groups in total. The van der Waals surface area contributed by atoms with E-state index in [1.165, 1.54) is 0 Å². The molecule has 0 fully saturated rings. The number of carboxylic acid groups (broad SMARTS) is 1. The van der Waals surface area contributed by atoms with Crippen molar-refractivity contribution in [3.05, 3.63) is 35.4 Å². The van der Waals surface area contributed by atoms with E-state index in [1.54, 1.807) is 0 Å².